The van der Waals surface area contributed by atoms with Crippen LogP contribution in [0.3, 0.4) is 0 Å². The highest BCUT2D eigenvalue weighted by molar-refractivity contribution is 9.10. The molecule has 1 N–H and O–H groups in total. The average molecular weight is 520 g/mol. The molecule has 0 aliphatic heterocycles. The number of alkyl halides is 3. The molecular formula is C19H17BrF3N3O6. The maximum atomic E-state index is 12.8. The molecule has 0 saturated carbocycles. The van der Waals surface area contributed by atoms with Gasteiger partial charge in [0.15, 0.2) is 18.1 Å². The van der Waals surface area contributed by atoms with Crippen LogP contribution in [0.2, 0.25) is 0 Å². The van der Waals surface area contributed by atoms with Crippen molar-refractivity contribution < 1.29 is 37.1 Å². The zero-order chi connectivity index (χ0) is 23.9. The molecule has 0 aliphatic rings. The standard InChI is InChI=1S/C19H17BrF3N3O6/c1-3-31-18(27)10-32-17-8-13(20)11(6-16(17)30-2)9-24-25-14-5-4-12(19(21,22)23)7-15(14)26(28)29/h4-9,25H,3,10H2,1-2H3/b24-9-. The topological polar surface area (TPSA) is 112 Å². The summed E-state index contributed by atoms with van der Waals surface area (Å²) in [5.74, 6) is -0.0472. The van der Waals surface area contributed by atoms with Gasteiger partial charge in [0, 0.05) is 16.1 Å². The Morgan fingerprint density at radius 1 is 1.28 bits per heavy atom. The van der Waals surface area contributed by atoms with Crippen molar-refractivity contribution >= 4 is 39.5 Å². The molecule has 0 unspecified atom stereocenters. The SMILES string of the molecule is CCOC(=O)COc1cc(Br)c(/C=N\Nc2ccc(C(F)(F)F)cc2[N+](=O)[O-])cc1OC. The summed E-state index contributed by atoms with van der Waals surface area (Å²) in [6, 6.07) is 5.07. The summed E-state index contributed by atoms with van der Waals surface area (Å²) >= 11 is 3.30. The van der Waals surface area contributed by atoms with Crippen LogP contribution in [-0.4, -0.2) is 37.4 Å². The molecule has 0 heterocycles. The highest BCUT2D eigenvalue weighted by Crippen LogP contribution is 2.35. The normalized spacial score (nSPS) is 11.3. The van der Waals surface area contributed by atoms with Gasteiger partial charge in [-0.3, -0.25) is 15.5 Å². The Hall–Kier alpha value is -3.35. The quantitative estimate of drug-likeness (QED) is 0.219. The summed E-state index contributed by atoms with van der Waals surface area (Å²) in [6.45, 7) is 1.54. The first-order valence-electron chi connectivity index (χ1n) is 8.87. The van der Waals surface area contributed by atoms with Gasteiger partial charge in [-0.1, -0.05) is 0 Å². The Labute approximate surface area is 188 Å². The predicted molar refractivity (Wildman–Crippen MR) is 112 cm³/mol. The lowest BCUT2D eigenvalue weighted by Crippen LogP contribution is -2.15. The molecule has 0 amide bonds. The van der Waals surface area contributed by atoms with Crippen LogP contribution in [0.5, 0.6) is 11.5 Å². The van der Waals surface area contributed by atoms with Gasteiger partial charge in [-0.15, -0.1) is 0 Å². The Balaban J connectivity index is 2.21. The average Bonchev–Trinajstić information content (AvgIpc) is 2.72. The van der Waals surface area contributed by atoms with Gasteiger partial charge >= 0.3 is 12.1 Å². The molecule has 0 saturated heterocycles. The van der Waals surface area contributed by atoms with E-state index in [1.165, 1.54) is 25.5 Å². The molecule has 0 aliphatic carbocycles. The van der Waals surface area contributed by atoms with Gasteiger partial charge in [-0.05, 0) is 47.1 Å². The van der Waals surface area contributed by atoms with E-state index in [1.54, 1.807) is 6.92 Å². The second-order valence-corrected chi connectivity index (χ2v) is 6.83. The number of halogens is 4. The number of hydrogen-bond donors (Lipinski definition) is 1. The monoisotopic (exact) mass is 519 g/mol. The second kappa shape index (κ2) is 10.8. The molecule has 0 atom stereocenters. The number of anilines is 1. The summed E-state index contributed by atoms with van der Waals surface area (Å²) in [5.41, 5.74) is 0.658. The fourth-order valence-corrected chi connectivity index (χ4v) is 2.81. The van der Waals surface area contributed by atoms with Crippen molar-refractivity contribution in [3.05, 3.63) is 56.0 Å². The van der Waals surface area contributed by atoms with Crippen LogP contribution < -0.4 is 14.9 Å². The van der Waals surface area contributed by atoms with Gasteiger partial charge in [0.05, 0.1) is 30.4 Å². The molecule has 13 heteroatoms. The Kier molecular flexibility index (Phi) is 8.41. The number of methoxy groups -OCH3 is 1. The minimum absolute atomic E-state index is 0.211. The maximum absolute atomic E-state index is 12.8. The molecular weight excluding hydrogens is 503 g/mol. The van der Waals surface area contributed by atoms with E-state index in [0.29, 0.717) is 22.2 Å². The van der Waals surface area contributed by atoms with Gasteiger partial charge in [-0.25, -0.2) is 4.79 Å². The van der Waals surface area contributed by atoms with Gasteiger partial charge in [0.25, 0.3) is 5.69 Å². The number of nitro groups is 1. The van der Waals surface area contributed by atoms with E-state index in [4.69, 9.17) is 14.2 Å². The molecule has 0 radical (unpaired) electrons. The van der Waals surface area contributed by atoms with Crippen LogP contribution >= 0.6 is 15.9 Å². The van der Waals surface area contributed by atoms with Gasteiger partial charge < -0.3 is 14.2 Å². The summed E-state index contributed by atoms with van der Waals surface area (Å²) in [5, 5.41) is 15.0. The van der Waals surface area contributed by atoms with Crippen molar-refractivity contribution in [1.82, 2.24) is 0 Å². The molecule has 0 aromatic heterocycles. The van der Waals surface area contributed by atoms with Crippen LogP contribution in [0.4, 0.5) is 24.5 Å². The molecule has 172 valence electrons. The van der Waals surface area contributed by atoms with E-state index in [0.717, 1.165) is 6.07 Å². The number of hydrazone groups is 1. The fraction of sp³-hybridized carbons (Fsp3) is 0.263. The number of rotatable bonds is 9. The van der Waals surface area contributed by atoms with Crippen LogP contribution in [0.15, 0.2) is 39.9 Å². The Morgan fingerprint density at radius 2 is 2.00 bits per heavy atom. The third-order valence-corrected chi connectivity index (χ3v) is 4.53. The van der Waals surface area contributed by atoms with Crippen LogP contribution in [0, 0.1) is 10.1 Å². The third-order valence-electron chi connectivity index (χ3n) is 3.84. The molecule has 2 aromatic carbocycles. The minimum atomic E-state index is -4.72. The van der Waals surface area contributed by atoms with E-state index < -0.39 is 28.3 Å². The van der Waals surface area contributed by atoms with Crippen LogP contribution in [0.1, 0.15) is 18.1 Å². The van der Waals surface area contributed by atoms with Crippen molar-refractivity contribution in [2.24, 2.45) is 5.10 Å². The largest absolute Gasteiger partial charge is 0.493 e. The summed E-state index contributed by atoms with van der Waals surface area (Å²) in [7, 11) is 1.38. The molecule has 0 fully saturated rings. The maximum Gasteiger partial charge on any atom is 0.416 e. The van der Waals surface area contributed by atoms with Gasteiger partial charge in [0.2, 0.25) is 0 Å². The molecule has 2 rings (SSSR count). The van der Waals surface area contributed by atoms with Gasteiger partial charge in [0.1, 0.15) is 5.69 Å². The van der Waals surface area contributed by atoms with Crippen LogP contribution in [0.25, 0.3) is 0 Å². The van der Waals surface area contributed by atoms with Crippen molar-refractivity contribution in [3.8, 4) is 11.5 Å². The van der Waals surface area contributed by atoms with E-state index >= 15 is 0 Å². The highest BCUT2D eigenvalue weighted by Gasteiger charge is 2.33. The number of nitrogens with zero attached hydrogens (tertiary/aromatic N) is 2. The number of hydrogen-bond acceptors (Lipinski definition) is 8. The lowest BCUT2D eigenvalue weighted by atomic mass is 10.1. The summed E-state index contributed by atoms with van der Waals surface area (Å²) in [4.78, 5) is 21.6. The lowest BCUT2D eigenvalue weighted by Gasteiger charge is -2.12. The molecule has 0 spiro atoms. The smallest absolute Gasteiger partial charge is 0.416 e. The van der Waals surface area contributed by atoms with E-state index in [2.05, 4.69) is 26.5 Å². The molecule has 2 aromatic rings. The number of nitro benzene ring substituents is 1. The number of ether oxygens (including phenoxy) is 3. The summed E-state index contributed by atoms with van der Waals surface area (Å²) < 4.78 is 54.2. The second-order valence-electron chi connectivity index (χ2n) is 5.98. The zero-order valence-electron chi connectivity index (χ0n) is 16.7. The zero-order valence-corrected chi connectivity index (χ0v) is 18.3. The Morgan fingerprint density at radius 3 is 2.59 bits per heavy atom. The lowest BCUT2D eigenvalue weighted by molar-refractivity contribution is -0.384. The minimum Gasteiger partial charge on any atom is -0.493 e. The summed E-state index contributed by atoms with van der Waals surface area (Å²) in [6.07, 6.45) is -3.45. The third kappa shape index (κ3) is 6.57. The molecule has 32 heavy (non-hydrogen) atoms. The van der Waals surface area contributed by atoms with Gasteiger partial charge in [-0.2, -0.15) is 18.3 Å². The highest BCUT2D eigenvalue weighted by atomic mass is 79.9. The van der Waals surface area contributed by atoms with Crippen molar-refractivity contribution in [3.63, 3.8) is 0 Å². The molecule has 9 nitrogen and oxygen atoms in total. The van der Waals surface area contributed by atoms with Crippen molar-refractivity contribution in [1.29, 1.82) is 0 Å². The van der Waals surface area contributed by atoms with Crippen molar-refractivity contribution in [2.45, 2.75) is 13.1 Å². The Bertz CT molecular complexity index is 1030. The number of esters is 1. The molecule has 0 bridgehead atoms. The first-order chi connectivity index (χ1) is 15.1. The number of carbonyl (C=O) groups excluding carboxylic acids is 1. The number of benzene rings is 2. The van der Waals surface area contributed by atoms with E-state index in [-0.39, 0.29) is 30.4 Å². The number of nitrogens with one attached hydrogen (secondary N) is 1. The number of carbonyl (C=O) groups is 1. The van der Waals surface area contributed by atoms with Crippen molar-refractivity contribution in [2.75, 3.05) is 25.7 Å². The fourth-order valence-electron chi connectivity index (χ4n) is 2.39. The van der Waals surface area contributed by atoms with E-state index in [1.807, 2.05) is 0 Å². The van der Waals surface area contributed by atoms with E-state index in [9.17, 15) is 28.1 Å². The first kappa shape index (κ1) is 24.9. The predicted octanol–water partition coefficient (Wildman–Crippen LogP) is 4.77. The first-order valence-corrected chi connectivity index (χ1v) is 9.66. The van der Waals surface area contributed by atoms with Crippen LogP contribution in [-0.2, 0) is 15.7 Å².